The molecule has 0 unspecified atom stereocenters. The summed E-state index contributed by atoms with van der Waals surface area (Å²) in [5, 5.41) is 3.61. The third kappa shape index (κ3) is 2.94. The predicted octanol–water partition coefficient (Wildman–Crippen LogP) is 1.89. The zero-order valence-electron chi connectivity index (χ0n) is 12.7. The summed E-state index contributed by atoms with van der Waals surface area (Å²) in [6, 6.07) is 1.60. The Morgan fingerprint density at radius 3 is 3.32 bits per heavy atom. The van der Waals surface area contributed by atoms with Crippen LogP contribution in [0, 0.1) is 5.92 Å². The number of aromatic nitrogens is 1. The summed E-state index contributed by atoms with van der Waals surface area (Å²) in [5.74, 6) is 0.491. The van der Waals surface area contributed by atoms with Crippen molar-refractivity contribution in [3.8, 4) is 0 Å². The van der Waals surface area contributed by atoms with E-state index in [-0.39, 0.29) is 17.3 Å². The highest BCUT2D eigenvalue weighted by molar-refractivity contribution is 5.91. The van der Waals surface area contributed by atoms with Crippen LogP contribution in [0.5, 0.6) is 0 Å². The lowest BCUT2D eigenvalue weighted by Crippen LogP contribution is -2.56. The van der Waals surface area contributed by atoms with Gasteiger partial charge in [-0.05, 0) is 12.8 Å². The molecule has 3 rings (SSSR count). The van der Waals surface area contributed by atoms with Crippen molar-refractivity contribution in [1.29, 1.82) is 0 Å². The van der Waals surface area contributed by atoms with Crippen molar-refractivity contribution in [1.82, 2.24) is 10.1 Å². The molecule has 2 heterocycles. The SMILES string of the molecule is C=CCOC[C@@H]1CCC[C@]12CN(C(=O)c1ccno1)CCO2. The minimum atomic E-state index is -0.283. The second kappa shape index (κ2) is 6.62. The smallest absolute Gasteiger partial charge is 0.292 e. The quantitative estimate of drug-likeness (QED) is 0.614. The number of hydrogen-bond donors (Lipinski definition) is 0. The van der Waals surface area contributed by atoms with Crippen molar-refractivity contribution in [2.45, 2.75) is 24.9 Å². The Bertz CT molecular complexity index is 516. The van der Waals surface area contributed by atoms with E-state index in [2.05, 4.69) is 11.7 Å². The molecule has 6 nitrogen and oxygen atoms in total. The summed E-state index contributed by atoms with van der Waals surface area (Å²) in [7, 11) is 0. The maximum Gasteiger partial charge on any atom is 0.292 e. The van der Waals surface area contributed by atoms with E-state index < -0.39 is 0 Å². The molecule has 2 fully saturated rings. The number of ether oxygens (including phenoxy) is 2. The van der Waals surface area contributed by atoms with Crippen molar-refractivity contribution in [3.05, 3.63) is 30.7 Å². The number of nitrogens with zero attached hydrogens (tertiary/aromatic N) is 2. The zero-order valence-corrected chi connectivity index (χ0v) is 12.7. The first-order valence-electron chi connectivity index (χ1n) is 7.78. The van der Waals surface area contributed by atoms with Crippen LogP contribution in [0.4, 0.5) is 0 Å². The summed E-state index contributed by atoms with van der Waals surface area (Å²) in [5.41, 5.74) is -0.283. The van der Waals surface area contributed by atoms with Crippen LogP contribution in [0.15, 0.2) is 29.4 Å². The van der Waals surface area contributed by atoms with Gasteiger partial charge in [-0.15, -0.1) is 6.58 Å². The van der Waals surface area contributed by atoms with Gasteiger partial charge in [0, 0.05) is 18.5 Å². The molecule has 2 aliphatic rings. The lowest BCUT2D eigenvalue weighted by atomic mass is 9.89. The summed E-state index contributed by atoms with van der Waals surface area (Å²) in [6.07, 6.45) is 6.39. The molecule has 1 aliphatic carbocycles. The standard InChI is InChI=1S/C16H22N2O4/c1-2-9-20-11-13-4-3-6-16(13)12-18(8-10-21-16)15(19)14-5-7-17-22-14/h2,5,7,13H,1,3-4,6,8-12H2/t13-,16-/m0/s1. The Morgan fingerprint density at radius 1 is 1.64 bits per heavy atom. The molecule has 1 saturated heterocycles. The van der Waals surface area contributed by atoms with Crippen LogP contribution in [0.2, 0.25) is 0 Å². The van der Waals surface area contributed by atoms with Gasteiger partial charge < -0.3 is 18.9 Å². The molecule has 0 N–H and O–H groups in total. The first-order chi connectivity index (χ1) is 10.7. The monoisotopic (exact) mass is 306 g/mol. The van der Waals surface area contributed by atoms with Crippen molar-refractivity contribution < 1.29 is 18.8 Å². The second-order valence-corrected chi connectivity index (χ2v) is 5.93. The largest absolute Gasteiger partial charge is 0.377 e. The van der Waals surface area contributed by atoms with Crippen molar-refractivity contribution >= 4 is 5.91 Å². The summed E-state index contributed by atoms with van der Waals surface area (Å²) >= 11 is 0. The lowest BCUT2D eigenvalue weighted by molar-refractivity contribution is -0.132. The minimum absolute atomic E-state index is 0.113. The molecule has 1 amide bonds. The van der Waals surface area contributed by atoms with Gasteiger partial charge in [0.1, 0.15) is 0 Å². The topological polar surface area (TPSA) is 64.8 Å². The molecule has 120 valence electrons. The van der Waals surface area contributed by atoms with E-state index in [4.69, 9.17) is 14.0 Å². The van der Waals surface area contributed by atoms with E-state index in [0.717, 1.165) is 19.3 Å². The first kappa shape index (κ1) is 15.2. The number of morpholine rings is 1. The second-order valence-electron chi connectivity index (χ2n) is 5.93. The van der Waals surface area contributed by atoms with Gasteiger partial charge in [0.2, 0.25) is 5.76 Å². The maximum absolute atomic E-state index is 12.5. The van der Waals surface area contributed by atoms with Crippen LogP contribution < -0.4 is 0 Å². The molecular formula is C16H22N2O4. The Kier molecular flexibility index (Phi) is 4.59. The molecule has 1 aromatic heterocycles. The molecule has 0 radical (unpaired) electrons. The van der Waals surface area contributed by atoms with Gasteiger partial charge in [0.05, 0.1) is 38.2 Å². The Hall–Kier alpha value is -1.66. The molecule has 0 bridgehead atoms. The molecule has 1 spiro atoms. The van der Waals surface area contributed by atoms with Gasteiger partial charge in [0.15, 0.2) is 0 Å². The lowest BCUT2D eigenvalue weighted by Gasteiger charge is -2.43. The van der Waals surface area contributed by atoms with E-state index in [9.17, 15) is 4.79 Å². The Labute approximate surface area is 130 Å². The minimum Gasteiger partial charge on any atom is -0.377 e. The molecule has 1 saturated carbocycles. The highest BCUT2D eigenvalue weighted by Crippen LogP contribution is 2.41. The van der Waals surface area contributed by atoms with Crippen LogP contribution in [-0.4, -0.2) is 54.5 Å². The first-order valence-corrected chi connectivity index (χ1v) is 7.78. The fraction of sp³-hybridized carbons (Fsp3) is 0.625. The van der Waals surface area contributed by atoms with E-state index >= 15 is 0 Å². The predicted molar refractivity (Wildman–Crippen MR) is 79.4 cm³/mol. The number of rotatable bonds is 5. The van der Waals surface area contributed by atoms with Gasteiger partial charge in [-0.1, -0.05) is 17.7 Å². The number of carbonyl (C=O) groups excluding carboxylic acids is 1. The van der Waals surface area contributed by atoms with Gasteiger partial charge >= 0.3 is 0 Å². The van der Waals surface area contributed by atoms with Crippen LogP contribution in [0.25, 0.3) is 0 Å². The normalized spacial score (nSPS) is 28.2. The van der Waals surface area contributed by atoms with Gasteiger partial charge in [0.25, 0.3) is 5.91 Å². The fourth-order valence-corrected chi connectivity index (χ4v) is 3.50. The zero-order chi connectivity index (χ0) is 15.4. The highest BCUT2D eigenvalue weighted by atomic mass is 16.5. The Morgan fingerprint density at radius 2 is 2.55 bits per heavy atom. The van der Waals surface area contributed by atoms with Crippen LogP contribution in [-0.2, 0) is 9.47 Å². The average molecular weight is 306 g/mol. The van der Waals surface area contributed by atoms with E-state index in [1.54, 1.807) is 12.1 Å². The molecular weight excluding hydrogens is 284 g/mol. The van der Waals surface area contributed by atoms with E-state index in [0.29, 0.717) is 38.8 Å². The Balaban J connectivity index is 1.68. The van der Waals surface area contributed by atoms with E-state index in [1.165, 1.54) is 6.20 Å². The third-order valence-electron chi connectivity index (χ3n) is 4.60. The van der Waals surface area contributed by atoms with Crippen LogP contribution in [0.1, 0.15) is 29.8 Å². The van der Waals surface area contributed by atoms with Crippen LogP contribution >= 0.6 is 0 Å². The van der Waals surface area contributed by atoms with Gasteiger partial charge in [-0.2, -0.15) is 0 Å². The van der Waals surface area contributed by atoms with E-state index in [1.807, 2.05) is 4.90 Å². The molecule has 22 heavy (non-hydrogen) atoms. The van der Waals surface area contributed by atoms with Gasteiger partial charge in [-0.3, -0.25) is 4.79 Å². The molecule has 1 aliphatic heterocycles. The third-order valence-corrected chi connectivity index (χ3v) is 4.60. The molecule has 0 aromatic carbocycles. The fourth-order valence-electron chi connectivity index (χ4n) is 3.50. The van der Waals surface area contributed by atoms with Crippen molar-refractivity contribution in [2.75, 3.05) is 32.9 Å². The van der Waals surface area contributed by atoms with Crippen molar-refractivity contribution in [2.24, 2.45) is 5.92 Å². The average Bonchev–Trinajstić information content (AvgIpc) is 3.18. The molecule has 6 heteroatoms. The summed E-state index contributed by atoms with van der Waals surface area (Å²) in [4.78, 5) is 14.3. The van der Waals surface area contributed by atoms with Crippen molar-refractivity contribution in [3.63, 3.8) is 0 Å². The molecule has 2 atom stereocenters. The number of hydrogen-bond acceptors (Lipinski definition) is 5. The highest BCUT2D eigenvalue weighted by Gasteiger charge is 2.48. The summed E-state index contributed by atoms with van der Waals surface area (Å²) < 4.78 is 16.7. The maximum atomic E-state index is 12.5. The van der Waals surface area contributed by atoms with Crippen LogP contribution in [0.3, 0.4) is 0 Å². The van der Waals surface area contributed by atoms with Gasteiger partial charge in [-0.25, -0.2) is 0 Å². The number of amides is 1. The number of carbonyl (C=O) groups is 1. The summed E-state index contributed by atoms with van der Waals surface area (Å²) in [6.45, 7) is 6.60. The molecule has 1 aromatic rings.